The molecule has 4 nitrogen and oxygen atoms in total. The summed E-state index contributed by atoms with van der Waals surface area (Å²) in [7, 11) is 1.42. The molecule has 2 rings (SSSR count). The largest absolute Gasteiger partial charge is 0.494 e. The smallest absolute Gasteiger partial charge is 0.165 e. The zero-order valence-corrected chi connectivity index (χ0v) is 8.01. The highest BCUT2D eigenvalue weighted by Gasteiger charge is 2.05. The average molecular weight is 205 g/mol. The number of aromatic nitrogens is 3. The van der Waals surface area contributed by atoms with Crippen molar-refractivity contribution >= 4 is 0 Å². The van der Waals surface area contributed by atoms with Crippen LogP contribution in [0.15, 0.2) is 30.6 Å². The molecule has 1 heterocycles. The van der Waals surface area contributed by atoms with Crippen LogP contribution in [0.1, 0.15) is 0 Å². The fraction of sp³-hybridized carbons (Fsp3) is 0.100. The van der Waals surface area contributed by atoms with Gasteiger partial charge in [-0.1, -0.05) is 6.07 Å². The molecule has 5 heteroatoms. The first-order valence-electron chi connectivity index (χ1n) is 4.28. The van der Waals surface area contributed by atoms with Gasteiger partial charge in [-0.25, -0.2) is 4.39 Å². The summed E-state index contributed by atoms with van der Waals surface area (Å²) in [5.41, 5.74) is 1.55. The second-order valence-corrected chi connectivity index (χ2v) is 2.88. The summed E-state index contributed by atoms with van der Waals surface area (Å²) in [6, 6.07) is 4.57. The van der Waals surface area contributed by atoms with E-state index in [1.807, 2.05) is 0 Å². The molecule has 0 saturated heterocycles. The van der Waals surface area contributed by atoms with E-state index in [9.17, 15) is 4.39 Å². The first kappa shape index (κ1) is 9.51. The number of halogens is 1. The fourth-order valence-electron chi connectivity index (χ4n) is 1.23. The lowest BCUT2D eigenvalue weighted by atomic mass is 10.1. The van der Waals surface area contributed by atoms with Gasteiger partial charge in [-0.3, -0.25) is 0 Å². The number of hydrogen-bond acceptors (Lipinski definition) is 4. The number of methoxy groups -OCH3 is 1. The van der Waals surface area contributed by atoms with Crippen LogP contribution in [0.3, 0.4) is 0 Å². The minimum absolute atomic E-state index is 0.198. The van der Waals surface area contributed by atoms with Crippen molar-refractivity contribution in [1.29, 1.82) is 0 Å². The topological polar surface area (TPSA) is 47.9 Å². The van der Waals surface area contributed by atoms with Crippen LogP contribution in [0, 0.1) is 5.82 Å². The third kappa shape index (κ3) is 1.90. The van der Waals surface area contributed by atoms with Gasteiger partial charge >= 0.3 is 0 Å². The first-order valence-corrected chi connectivity index (χ1v) is 4.28. The van der Waals surface area contributed by atoms with Gasteiger partial charge in [-0.15, -0.1) is 10.2 Å². The van der Waals surface area contributed by atoms with Crippen LogP contribution < -0.4 is 4.74 Å². The maximum atomic E-state index is 13.1. The number of benzene rings is 1. The quantitative estimate of drug-likeness (QED) is 0.748. The zero-order valence-electron chi connectivity index (χ0n) is 8.01. The van der Waals surface area contributed by atoms with Gasteiger partial charge in [-0.05, 0) is 22.9 Å². The standard InChI is InChI=1S/C10H8FN3O/c1-15-10-4-7(2-3-9(10)11)8-5-12-14-13-6-8/h2-6H,1H3. The van der Waals surface area contributed by atoms with Gasteiger partial charge in [0.2, 0.25) is 0 Å². The van der Waals surface area contributed by atoms with Crippen LogP contribution in [0.4, 0.5) is 4.39 Å². The van der Waals surface area contributed by atoms with Crippen molar-refractivity contribution in [2.75, 3.05) is 7.11 Å². The van der Waals surface area contributed by atoms with E-state index < -0.39 is 5.82 Å². The van der Waals surface area contributed by atoms with Gasteiger partial charge < -0.3 is 4.74 Å². The molecule has 0 aliphatic carbocycles. The second-order valence-electron chi connectivity index (χ2n) is 2.88. The molecule has 0 amide bonds. The predicted octanol–water partition coefficient (Wildman–Crippen LogP) is 1.69. The van der Waals surface area contributed by atoms with Crippen molar-refractivity contribution in [3.63, 3.8) is 0 Å². The van der Waals surface area contributed by atoms with Gasteiger partial charge in [0.25, 0.3) is 0 Å². The highest BCUT2D eigenvalue weighted by Crippen LogP contribution is 2.24. The molecule has 0 aliphatic rings. The molecule has 15 heavy (non-hydrogen) atoms. The molecule has 0 fully saturated rings. The molecule has 0 aliphatic heterocycles. The Morgan fingerprint density at radius 3 is 2.53 bits per heavy atom. The Labute approximate surface area is 85.7 Å². The maximum absolute atomic E-state index is 13.1. The van der Waals surface area contributed by atoms with Crippen LogP contribution in [0.5, 0.6) is 5.75 Å². The lowest BCUT2D eigenvalue weighted by Gasteiger charge is -2.04. The van der Waals surface area contributed by atoms with Gasteiger partial charge in [0.05, 0.1) is 19.5 Å². The van der Waals surface area contributed by atoms with E-state index in [1.54, 1.807) is 24.5 Å². The predicted molar refractivity (Wildman–Crippen MR) is 51.8 cm³/mol. The fourth-order valence-corrected chi connectivity index (χ4v) is 1.23. The van der Waals surface area contributed by atoms with E-state index in [0.717, 1.165) is 11.1 Å². The van der Waals surface area contributed by atoms with E-state index in [0.29, 0.717) is 0 Å². The molecule has 0 spiro atoms. The van der Waals surface area contributed by atoms with Crippen molar-refractivity contribution < 1.29 is 9.13 Å². The summed E-state index contributed by atoms with van der Waals surface area (Å²) in [5.74, 6) is -0.194. The molecule has 1 aromatic carbocycles. The number of nitrogens with zero attached hydrogens (tertiary/aromatic N) is 3. The van der Waals surface area contributed by atoms with Crippen LogP contribution >= 0.6 is 0 Å². The average Bonchev–Trinajstić information content (AvgIpc) is 2.31. The Hall–Kier alpha value is -2.04. The summed E-state index contributed by atoms with van der Waals surface area (Å²) in [4.78, 5) is 0. The van der Waals surface area contributed by atoms with Gasteiger partial charge in [0.15, 0.2) is 11.6 Å². The Bertz CT molecular complexity index is 461. The number of hydrogen-bond donors (Lipinski definition) is 0. The Balaban J connectivity index is 2.46. The molecule has 0 radical (unpaired) electrons. The van der Waals surface area contributed by atoms with Crippen molar-refractivity contribution in [3.05, 3.63) is 36.4 Å². The van der Waals surface area contributed by atoms with Crippen LogP contribution in [0.2, 0.25) is 0 Å². The molecular formula is C10H8FN3O. The first-order chi connectivity index (χ1) is 7.31. The van der Waals surface area contributed by atoms with E-state index in [4.69, 9.17) is 4.74 Å². The van der Waals surface area contributed by atoms with E-state index in [1.165, 1.54) is 13.2 Å². The van der Waals surface area contributed by atoms with Crippen molar-refractivity contribution in [3.8, 4) is 16.9 Å². The number of ether oxygens (including phenoxy) is 1. The van der Waals surface area contributed by atoms with E-state index in [-0.39, 0.29) is 5.75 Å². The normalized spacial score (nSPS) is 10.0. The molecule has 0 unspecified atom stereocenters. The van der Waals surface area contributed by atoms with Crippen molar-refractivity contribution in [1.82, 2.24) is 15.4 Å². The maximum Gasteiger partial charge on any atom is 0.165 e. The molecule has 0 saturated carbocycles. The third-order valence-electron chi connectivity index (χ3n) is 1.98. The molecular weight excluding hydrogens is 197 g/mol. The number of rotatable bonds is 2. The molecule has 2 aromatic rings. The molecule has 0 N–H and O–H groups in total. The minimum Gasteiger partial charge on any atom is -0.494 e. The second kappa shape index (κ2) is 4.00. The Morgan fingerprint density at radius 2 is 1.87 bits per heavy atom. The lowest BCUT2D eigenvalue weighted by molar-refractivity contribution is 0.387. The van der Waals surface area contributed by atoms with Gasteiger partial charge in [-0.2, -0.15) is 0 Å². The van der Waals surface area contributed by atoms with Gasteiger partial charge in [0, 0.05) is 5.56 Å². The summed E-state index contributed by atoms with van der Waals surface area (Å²) < 4.78 is 18.0. The highest BCUT2D eigenvalue weighted by atomic mass is 19.1. The highest BCUT2D eigenvalue weighted by molar-refractivity contribution is 5.63. The summed E-state index contributed by atoms with van der Waals surface area (Å²) >= 11 is 0. The SMILES string of the molecule is COc1cc(-c2cnnnc2)ccc1F. The Morgan fingerprint density at radius 1 is 1.13 bits per heavy atom. The molecule has 1 aromatic heterocycles. The molecule has 0 bridgehead atoms. The lowest BCUT2D eigenvalue weighted by Crippen LogP contribution is -1.90. The van der Waals surface area contributed by atoms with Crippen molar-refractivity contribution in [2.45, 2.75) is 0 Å². The summed E-state index contributed by atoms with van der Waals surface area (Å²) in [6.45, 7) is 0. The van der Waals surface area contributed by atoms with E-state index in [2.05, 4.69) is 15.4 Å². The van der Waals surface area contributed by atoms with Crippen LogP contribution in [-0.4, -0.2) is 22.5 Å². The Kier molecular flexibility index (Phi) is 2.53. The van der Waals surface area contributed by atoms with Crippen LogP contribution in [-0.2, 0) is 0 Å². The summed E-state index contributed by atoms with van der Waals surface area (Å²) in [5, 5.41) is 10.7. The molecule has 76 valence electrons. The minimum atomic E-state index is -0.392. The van der Waals surface area contributed by atoms with Gasteiger partial charge in [0.1, 0.15) is 0 Å². The zero-order chi connectivity index (χ0) is 10.7. The van der Waals surface area contributed by atoms with E-state index >= 15 is 0 Å². The molecule has 0 atom stereocenters. The monoisotopic (exact) mass is 205 g/mol. The third-order valence-corrected chi connectivity index (χ3v) is 1.98. The van der Waals surface area contributed by atoms with Crippen LogP contribution in [0.25, 0.3) is 11.1 Å². The van der Waals surface area contributed by atoms with Crippen molar-refractivity contribution in [2.24, 2.45) is 0 Å². The summed E-state index contributed by atoms with van der Waals surface area (Å²) in [6.07, 6.45) is 3.11.